The Labute approximate surface area is 126 Å². The van der Waals surface area contributed by atoms with Crippen LogP contribution >= 0.6 is 11.6 Å². The van der Waals surface area contributed by atoms with Crippen molar-refractivity contribution in [3.05, 3.63) is 28.8 Å². The zero-order valence-electron chi connectivity index (χ0n) is 12.3. The maximum Gasteiger partial charge on any atom is 0.122 e. The van der Waals surface area contributed by atoms with E-state index in [2.05, 4.69) is 12.2 Å². The van der Waals surface area contributed by atoms with Crippen molar-refractivity contribution >= 4 is 11.6 Å². The van der Waals surface area contributed by atoms with Gasteiger partial charge in [0.15, 0.2) is 0 Å². The van der Waals surface area contributed by atoms with E-state index in [-0.39, 0.29) is 0 Å². The highest BCUT2D eigenvalue weighted by Gasteiger charge is 2.24. The van der Waals surface area contributed by atoms with Gasteiger partial charge in [-0.25, -0.2) is 0 Å². The SMILES string of the molecule is CCNC(Cc1cc(Cl)ccc1OC)C1CCCOC1. The quantitative estimate of drug-likeness (QED) is 0.874. The second-order valence-electron chi connectivity index (χ2n) is 5.30. The Morgan fingerprint density at radius 1 is 1.50 bits per heavy atom. The molecule has 1 aromatic carbocycles. The van der Waals surface area contributed by atoms with Crippen LogP contribution in [0.25, 0.3) is 0 Å². The molecular formula is C16H24ClNO2. The van der Waals surface area contributed by atoms with E-state index in [4.69, 9.17) is 21.1 Å². The smallest absolute Gasteiger partial charge is 0.122 e. The van der Waals surface area contributed by atoms with Gasteiger partial charge < -0.3 is 14.8 Å². The third-order valence-electron chi connectivity index (χ3n) is 3.91. The fourth-order valence-corrected chi connectivity index (χ4v) is 3.09. The topological polar surface area (TPSA) is 30.5 Å². The molecule has 3 nitrogen and oxygen atoms in total. The molecule has 1 saturated heterocycles. The van der Waals surface area contributed by atoms with E-state index >= 15 is 0 Å². The molecule has 0 spiro atoms. The van der Waals surface area contributed by atoms with E-state index in [1.54, 1.807) is 7.11 Å². The van der Waals surface area contributed by atoms with Crippen molar-refractivity contribution in [3.63, 3.8) is 0 Å². The van der Waals surface area contributed by atoms with Crippen molar-refractivity contribution in [3.8, 4) is 5.75 Å². The van der Waals surface area contributed by atoms with Crippen molar-refractivity contribution < 1.29 is 9.47 Å². The van der Waals surface area contributed by atoms with Crippen LogP contribution in [0.15, 0.2) is 18.2 Å². The molecule has 0 saturated carbocycles. The third-order valence-corrected chi connectivity index (χ3v) is 4.15. The predicted molar refractivity (Wildman–Crippen MR) is 82.7 cm³/mol. The molecule has 0 radical (unpaired) electrons. The zero-order chi connectivity index (χ0) is 14.4. The predicted octanol–water partition coefficient (Wildman–Crippen LogP) is 3.30. The summed E-state index contributed by atoms with van der Waals surface area (Å²) < 4.78 is 11.1. The summed E-state index contributed by atoms with van der Waals surface area (Å²) >= 11 is 6.12. The first kappa shape index (κ1) is 15.6. The van der Waals surface area contributed by atoms with Crippen LogP contribution in [0.5, 0.6) is 5.75 Å². The van der Waals surface area contributed by atoms with Crippen LogP contribution in [-0.2, 0) is 11.2 Å². The molecule has 2 atom stereocenters. The van der Waals surface area contributed by atoms with Crippen LogP contribution in [-0.4, -0.2) is 32.9 Å². The number of nitrogens with one attached hydrogen (secondary N) is 1. The van der Waals surface area contributed by atoms with E-state index in [1.165, 1.54) is 6.42 Å². The van der Waals surface area contributed by atoms with Crippen molar-refractivity contribution in [1.29, 1.82) is 0 Å². The Morgan fingerprint density at radius 2 is 2.35 bits per heavy atom. The number of ether oxygens (including phenoxy) is 2. The van der Waals surface area contributed by atoms with Crippen molar-refractivity contribution in [2.75, 3.05) is 26.9 Å². The molecule has 0 amide bonds. The summed E-state index contributed by atoms with van der Waals surface area (Å²) in [6, 6.07) is 6.23. The first-order chi connectivity index (χ1) is 9.74. The number of halogens is 1. The van der Waals surface area contributed by atoms with E-state index in [9.17, 15) is 0 Å². The van der Waals surface area contributed by atoms with Gasteiger partial charge in [-0.2, -0.15) is 0 Å². The Kier molecular flexibility index (Phi) is 6.14. The molecule has 20 heavy (non-hydrogen) atoms. The maximum absolute atomic E-state index is 6.12. The van der Waals surface area contributed by atoms with Gasteiger partial charge in [0.05, 0.1) is 13.7 Å². The highest BCUT2D eigenvalue weighted by molar-refractivity contribution is 6.30. The second kappa shape index (κ2) is 7.87. The van der Waals surface area contributed by atoms with Crippen LogP contribution < -0.4 is 10.1 Å². The fourth-order valence-electron chi connectivity index (χ4n) is 2.89. The number of hydrogen-bond donors (Lipinski definition) is 1. The fraction of sp³-hybridized carbons (Fsp3) is 0.625. The van der Waals surface area contributed by atoms with Gasteiger partial charge in [0.1, 0.15) is 5.75 Å². The molecule has 1 fully saturated rings. The highest BCUT2D eigenvalue weighted by atomic mass is 35.5. The summed E-state index contributed by atoms with van der Waals surface area (Å²) in [7, 11) is 1.71. The lowest BCUT2D eigenvalue weighted by atomic mass is 9.89. The van der Waals surface area contributed by atoms with Crippen LogP contribution in [0.4, 0.5) is 0 Å². The molecule has 0 aliphatic carbocycles. The molecule has 1 heterocycles. The highest BCUT2D eigenvalue weighted by Crippen LogP contribution is 2.27. The van der Waals surface area contributed by atoms with Gasteiger partial charge in [-0.3, -0.25) is 0 Å². The van der Waals surface area contributed by atoms with E-state index in [0.717, 1.165) is 48.9 Å². The van der Waals surface area contributed by atoms with Crippen molar-refractivity contribution in [1.82, 2.24) is 5.32 Å². The minimum atomic E-state index is 0.410. The normalized spacial score (nSPS) is 20.6. The summed E-state index contributed by atoms with van der Waals surface area (Å²) in [6.45, 7) is 4.85. The maximum atomic E-state index is 6.12. The Hall–Kier alpha value is -0.770. The third kappa shape index (κ3) is 4.11. The summed E-state index contributed by atoms with van der Waals surface area (Å²) in [6.07, 6.45) is 3.30. The lowest BCUT2D eigenvalue weighted by molar-refractivity contribution is 0.0395. The summed E-state index contributed by atoms with van der Waals surface area (Å²) in [4.78, 5) is 0. The molecule has 0 bridgehead atoms. The van der Waals surface area contributed by atoms with Gasteiger partial charge in [-0.05, 0) is 55.5 Å². The summed E-state index contributed by atoms with van der Waals surface area (Å²) in [5.41, 5.74) is 1.16. The van der Waals surface area contributed by atoms with Gasteiger partial charge in [0.25, 0.3) is 0 Å². The molecule has 1 aliphatic rings. The van der Waals surface area contributed by atoms with Crippen LogP contribution in [0.2, 0.25) is 5.02 Å². The van der Waals surface area contributed by atoms with Gasteiger partial charge in [0, 0.05) is 17.7 Å². The zero-order valence-corrected chi connectivity index (χ0v) is 13.1. The molecule has 1 aliphatic heterocycles. The van der Waals surface area contributed by atoms with Gasteiger partial charge in [-0.1, -0.05) is 18.5 Å². The second-order valence-corrected chi connectivity index (χ2v) is 5.74. The average Bonchev–Trinajstić information content (AvgIpc) is 2.48. The standard InChI is InChI=1S/C16H24ClNO2/c1-3-18-15(12-5-4-8-20-11-12)10-13-9-14(17)6-7-16(13)19-2/h6-7,9,12,15,18H,3-5,8,10-11H2,1-2H3. The Bertz CT molecular complexity index is 419. The lowest BCUT2D eigenvalue weighted by Crippen LogP contribution is -2.41. The van der Waals surface area contributed by atoms with Gasteiger partial charge in [0.2, 0.25) is 0 Å². The molecule has 4 heteroatoms. The van der Waals surface area contributed by atoms with Crippen molar-refractivity contribution in [2.45, 2.75) is 32.2 Å². The van der Waals surface area contributed by atoms with Crippen LogP contribution in [0.1, 0.15) is 25.3 Å². The van der Waals surface area contributed by atoms with Gasteiger partial charge in [-0.15, -0.1) is 0 Å². The number of hydrogen-bond acceptors (Lipinski definition) is 3. The molecule has 1 N–H and O–H groups in total. The minimum absolute atomic E-state index is 0.410. The largest absolute Gasteiger partial charge is 0.496 e. The number of methoxy groups -OCH3 is 1. The summed E-state index contributed by atoms with van der Waals surface area (Å²) in [5, 5.41) is 4.35. The average molecular weight is 298 g/mol. The van der Waals surface area contributed by atoms with E-state index in [1.807, 2.05) is 18.2 Å². The first-order valence-corrected chi connectivity index (χ1v) is 7.76. The Morgan fingerprint density at radius 3 is 3.00 bits per heavy atom. The number of benzene rings is 1. The van der Waals surface area contributed by atoms with Crippen molar-refractivity contribution in [2.24, 2.45) is 5.92 Å². The first-order valence-electron chi connectivity index (χ1n) is 7.38. The number of likely N-dealkylation sites (N-methyl/N-ethyl adjacent to an activating group) is 1. The van der Waals surface area contributed by atoms with Crippen LogP contribution in [0, 0.1) is 5.92 Å². The lowest BCUT2D eigenvalue weighted by Gasteiger charge is -2.31. The van der Waals surface area contributed by atoms with Crippen LogP contribution in [0.3, 0.4) is 0 Å². The molecular weight excluding hydrogens is 274 g/mol. The minimum Gasteiger partial charge on any atom is -0.496 e. The summed E-state index contributed by atoms with van der Waals surface area (Å²) in [5.74, 6) is 1.47. The number of rotatable bonds is 6. The molecule has 112 valence electrons. The molecule has 2 rings (SSSR count). The Balaban J connectivity index is 2.12. The van der Waals surface area contributed by atoms with E-state index in [0.29, 0.717) is 12.0 Å². The molecule has 0 aromatic heterocycles. The van der Waals surface area contributed by atoms with Gasteiger partial charge >= 0.3 is 0 Å². The molecule has 1 aromatic rings. The monoisotopic (exact) mass is 297 g/mol. The van der Waals surface area contributed by atoms with E-state index < -0.39 is 0 Å². The molecule has 2 unspecified atom stereocenters.